The maximum absolute atomic E-state index is 11.9. The predicted octanol–water partition coefficient (Wildman–Crippen LogP) is 1.77. The highest BCUT2D eigenvalue weighted by Gasteiger charge is 2.18. The molecule has 1 fully saturated rings. The van der Waals surface area contributed by atoms with Crippen molar-refractivity contribution in [3.8, 4) is 0 Å². The third-order valence-electron chi connectivity index (χ3n) is 2.87. The van der Waals surface area contributed by atoms with Gasteiger partial charge in [-0.05, 0) is 24.5 Å². The number of carbonyl (C=O) groups is 1. The Morgan fingerprint density at radius 2 is 2.00 bits per heavy atom. The molecule has 0 saturated carbocycles. The molecule has 0 spiro atoms. The van der Waals surface area contributed by atoms with E-state index in [9.17, 15) is 4.79 Å². The van der Waals surface area contributed by atoms with Crippen molar-refractivity contribution in [3.05, 3.63) is 29.8 Å². The van der Waals surface area contributed by atoms with E-state index >= 15 is 0 Å². The number of benzene rings is 1. The summed E-state index contributed by atoms with van der Waals surface area (Å²) in [5, 5.41) is 2.91. The van der Waals surface area contributed by atoms with Gasteiger partial charge in [0.2, 0.25) is 0 Å². The lowest BCUT2D eigenvalue weighted by Crippen LogP contribution is -2.32. The number of nitrogens with one attached hydrogen (secondary N) is 1. The van der Waals surface area contributed by atoms with Crippen LogP contribution in [0.3, 0.4) is 0 Å². The minimum absolute atomic E-state index is 0.0154. The number of hydrogen-bond acceptors (Lipinski definition) is 2. The van der Waals surface area contributed by atoms with E-state index in [1.807, 2.05) is 29.2 Å². The Bertz CT molecular complexity index is 372. The summed E-state index contributed by atoms with van der Waals surface area (Å²) in [5.74, 6) is 0. The molecular formula is C12H17N3O. The number of nitrogens with zero attached hydrogens (tertiary/aromatic N) is 1. The second kappa shape index (κ2) is 4.99. The van der Waals surface area contributed by atoms with Crippen molar-refractivity contribution >= 4 is 11.7 Å². The SMILES string of the molecule is NCc1ccccc1NC(=O)N1CCCC1. The van der Waals surface area contributed by atoms with Crippen LogP contribution >= 0.6 is 0 Å². The summed E-state index contributed by atoms with van der Waals surface area (Å²) < 4.78 is 0. The Balaban J connectivity index is 2.05. The zero-order chi connectivity index (χ0) is 11.4. The summed E-state index contributed by atoms with van der Waals surface area (Å²) in [4.78, 5) is 13.7. The number of hydrogen-bond donors (Lipinski definition) is 2. The number of rotatable bonds is 2. The number of likely N-dealkylation sites (tertiary alicyclic amines) is 1. The molecule has 2 amide bonds. The second-order valence-electron chi connectivity index (χ2n) is 3.99. The van der Waals surface area contributed by atoms with Crippen LogP contribution in [-0.4, -0.2) is 24.0 Å². The highest BCUT2D eigenvalue weighted by atomic mass is 16.2. The van der Waals surface area contributed by atoms with Crippen molar-refractivity contribution in [2.45, 2.75) is 19.4 Å². The molecule has 1 aromatic rings. The zero-order valence-corrected chi connectivity index (χ0v) is 9.28. The molecular weight excluding hydrogens is 202 g/mol. The highest BCUT2D eigenvalue weighted by molar-refractivity contribution is 5.90. The van der Waals surface area contributed by atoms with Crippen LogP contribution in [0.15, 0.2) is 24.3 Å². The molecule has 0 bridgehead atoms. The average Bonchev–Trinajstić information content (AvgIpc) is 2.83. The molecule has 0 radical (unpaired) electrons. The molecule has 0 aromatic heterocycles. The monoisotopic (exact) mass is 219 g/mol. The number of para-hydroxylation sites is 1. The second-order valence-corrected chi connectivity index (χ2v) is 3.99. The molecule has 2 rings (SSSR count). The minimum Gasteiger partial charge on any atom is -0.326 e. The van der Waals surface area contributed by atoms with Crippen LogP contribution in [-0.2, 0) is 6.54 Å². The summed E-state index contributed by atoms with van der Waals surface area (Å²) in [6, 6.07) is 7.63. The number of carbonyl (C=O) groups excluding carboxylic acids is 1. The Hall–Kier alpha value is -1.55. The maximum atomic E-state index is 11.9. The molecule has 3 N–H and O–H groups in total. The van der Waals surface area contributed by atoms with Crippen LogP contribution in [0.1, 0.15) is 18.4 Å². The third-order valence-corrected chi connectivity index (χ3v) is 2.87. The van der Waals surface area contributed by atoms with Crippen LogP contribution in [0.4, 0.5) is 10.5 Å². The Labute approximate surface area is 95.4 Å². The molecule has 1 saturated heterocycles. The van der Waals surface area contributed by atoms with E-state index in [0.717, 1.165) is 37.2 Å². The van der Waals surface area contributed by atoms with Crippen LogP contribution in [0.25, 0.3) is 0 Å². The van der Waals surface area contributed by atoms with E-state index in [4.69, 9.17) is 5.73 Å². The zero-order valence-electron chi connectivity index (χ0n) is 9.28. The van der Waals surface area contributed by atoms with Gasteiger partial charge < -0.3 is 16.0 Å². The fourth-order valence-electron chi connectivity index (χ4n) is 1.93. The number of nitrogens with two attached hydrogens (primary N) is 1. The minimum atomic E-state index is -0.0154. The van der Waals surface area contributed by atoms with Gasteiger partial charge in [-0.2, -0.15) is 0 Å². The molecule has 1 aliphatic rings. The largest absolute Gasteiger partial charge is 0.326 e. The summed E-state index contributed by atoms with van der Waals surface area (Å²) in [6.07, 6.45) is 2.21. The Morgan fingerprint density at radius 3 is 2.69 bits per heavy atom. The molecule has 4 nitrogen and oxygen atoms in total. The van der Waals surface area contributed by atoms with E-state index < -0.39 is 0 Å². The van der Waals surface area contributed by atoms with E-state index in [1.165, 1.54) is 0 Å². The molecule has 16 heavy (non-hydrogen) atoms. The molecule has 0 unspecified atom stereocenters. The van der Waals surface area contributed by atoms with Gasteiger partial charge in [0.25, 0.3) is 0 Å². The smallest absolute Gasteiger partial charge is 0.321 e. The van der Waals surface area contributed by atoms with Crippen molar-refractivity contribution in [3.63, 3.8) is 0 Å². The summed E-state index contributed by atoms with van der Waals surface area (Å²) in [6.45, 7) is 2.16. The van der Waals surface area contributed by atoms with Crippen LogP contribution in [0, 0.1) is 0 Å². The quantitative estimate of drug-likeness (QED) is 0.796. The molecule has 1 heterocycles. The molecule has 1 aromatic carbocycles. The van der Waals surface area contributed by atoms with Gasteiger partial charge in [0.05, 0.1) is 0 Å². The van der Waals surface area contributed by atoms with Crippen LogP contribution in [0.5, 0.6) is 0 Å². The van der Waals surface area contributed by atoms with E-state index in [0.29, 0.717) is 6.54 Å². The number of urea groups is 1. The molecule has 4 heteroatoms. The lowest BCUT2D eigenvalue weighted by Gasteiger charge is -2.17. The highest BCUT2D eigenvalue weighted by Crippen LogP contribution is 2.16. The van der Waals surface area contributed by atoms with Gasteiger partial charge in [0.15, 0.2) is 0 Å². The Morgan fingerprint density at radius 1 is 1.31 bits per heavy atom. The normalized spacial score (nSPS) is 15.2. The topological polar surface area (TPSA) is 58.4 Å². The van der Waals surface area contributed by atoms with Crippen molar-refractivity contribution in [2.24, 2.45) is 5.73 Å². The Kier molecular flexibility index (Phi) is 3.41. The van der Waals surface area contributed by atoms with Crippen molar-refractivity contribution in [2.75, 3.05) is 18.4 Å². The molecule has 0 aliphatic carbocycles. The lowest BCUT2D eigenvalue weighted by atomic mass is 10.2. The average molecular weight is 219 g/mol. The first-order valence-corrected chi connectivity index (χ1v) is 5.65. The maximum Gasteiger partial charge on any atom is 0.321 e. The summed E-state index contributed by atoms with van der Waals surface area (Å²) >= 11 is 0. The van der Waals surface area contributed by atoms with Gasteiger partial charge in [0, 0.05) is 25.3 Å². The van der Waals surface area contributed by atoms with Gasteiger partial charge in [-0.15, -0.1) is 0 Å². The number of anilines is 1. The fraction of sp³-hybridized carbons (Fsp3) is 0.417. The molecule has 0 atom stereocenters. The van der Waals surface area contributed by atoms with Gasteiger partial charge in [-0.25, -0.2) is 4.79 Å². The molecule has 86 valence electrons. The van der Waals surface area contributed by atoms with Crippen molar-refractivity contribution < 1.29 is 4.79 Å². The van der Waals surface area contributed by atoms with E-state index in [1.54, 1.807) is 0 Å². The van der Waals surface area contributed by atoms with Crippen molar-refractivity contribution in [1.29, 1.82) is 0 Å². The number of amides is 2. The van der Waals surface area contributed by atoms with Gasteiger partial charge >= 0.3 is 6.03 Å². The summed E-state index contributed by atoms with van der Waals surface area (Å²) in [7, 11) is 0. The standard InChI is InChI=1S/C12H17N3O/c13-9-10-5-1-2-6-11(10)14-12(16)15-7-3-4-8-15/h1-2,5-6H,3-4,7-9,13H2,(H,14,16). The lowest BCUT2D eigenvalue weighted by molar-refractivity contribution is 0.222. The van der Waals surface area contributed by atoms with E-state index in [2.05, 4.69) is 5.32 Å². The first-order valence-electron chi connectivity index (χ1n) is 5.65. The van der Waals surface area contributed by atoms with Crippen LogP contribution < -0.4 is 11.1 Å². The summed E-state index contributed by atoms with van der Waals surface area (Å²) in [5.41, 5.74) is 7.40. The first kappa shape index (κ1) is 11.0. The fourth-order valence-corrected chi connectivity index (χ4v) is 1.93. The van der Waals surface area contributed by atoms with Gasteiger partial charge in [0.1, 0.15) is 0 Å². The third kappa shape index (κ3) is 2.33. The first-order chi connectivity index (χ1) is 7.81. The van der Waals surface area contributed by atoms with Crippen LogP contribution in [0.2, 0.25) is 0 Å². The van der Waals surface area contributed by atoms with E-state index in [-0.39, 0.29) is 6.03 Å². The molecule has 1 aliphatic heterocycles. The van der Waals surface area contributed by atoms with Gasteiger partial charge in [-0.3, -0.25) is 0 Å². The van der Waals surface area contributed by atoms with Gasteiger partial charge in [-0.1, -0.05) is 18.2 Å². The predicted molar refractivity (Wildman–Crippen MR) is 64.2 cm³/mol. The van der Waals surface area contributed by atoms with Crippen molar-refractivity contribution in [1.82, 2.24) is 4.90 Å².